The van der Waals surface area contributed by atoms with Gasteiger partial charge in [-0.2, -0.15) is 4.31 Å². The minimum Gasteiger partial charge on any atom is -0.343 e. The zero-order valence-electron chi connectivity index (χ0n) is 14.6. The van der Waals surface area contributed by atoms with Gasteiger partial charge in [0, 0.05) is 32.1 Å². The molecule has 7 heteroatoms. The number of halogens is 1. The smallest absolute Gasteiger partial charge is 0.243 e. The van der Waals surface area contributed by atoms with Gasteiger partial charge in [-0.15, -0.1) is 0 Å². The number of hydrogen-bond acceptors (Lipinski definition) is 3. The molecule has 2 saturated heterocycles. The number of carbonyl (C=O) groups excluding carboxylic acids is 1. The predicted molar refractivity (Wildman–Crippen MR) is 93.1 cm³/mol. The van der Waals surface area contributed by atoms with Gasteiger partial charge in [-0.05, 0) is 56.4 Å². The number of nitrogens with zero attached hydrogens (tertiary/aromatic N) is 2. The molecule has 0 radical (unpaired) electrons. The summed E-state index contributed by atoms with van der Waals surface area (Å²) >= 11 is 0. The van der Waals surface area contributed by atoms with Crippen LogP contribution in [0.5, 0.6) is 0 Å². The van der Waals surface area contributed by atoms with Crippen molar-refractivity contribution in [3.8, 4) is 0 Å². The van der Waals surface area contributed by atoms with Crippen LogP contribution in [0.3, 0.4) is 0 Å². The van der Waals surface area contributed by atoms with E-state index in [1.807, 2.05) is 4.90 Å². The Morgan fingerprint density at radius 3 is 2.68 bits per heavy atom. The lowest BCUT2D eigenvalue weighted by molar-refractivity contribution is -0.127. The molecule has 2 fully saturated rings. The molecule has 2 aliphatic rings. The van der Waals surface area contributed by atoms with Crippen LogP contribution in [-0.4, -0.2) is 49.2 Å². The molecule has 25 heavy (non-hydrogen) atoms. The third-order valence-corrected chi connectivity index (χ3v) is 7.31. The summed E-state index contributed by atoms with van der Waals surface area (Å²) in [5, 5.41) is 0. The second-order valence-electron chi connectivity index (χ2n) is 6.95. The number of carbonyl (C=O) groups is 1. The van der Waals surface area contributed by atoms with E-state index >= 15 is 0 Å². The van der Waals surface area contributed by atoms with Gasteiger partial charge in [0.25, 0.3) is 0 Å². The van der Waals surface area contributed by atoms with Gasteiger partial charge in [0.15, 0.2) is 0 Å². The largest absolute Gasteiger partial charge is 0.343 e. The number of piperidine rings is 1. The first-order chi connectivity index (χ1) is 11.9. The van der Waals surface area contributed by atoms with Crippen molar-refractivity contribution in [1.29, 1.82) is 0 Å². The molecular formula is C18H25FN2O3S. The van der Waals surface area contributed by atoms with E-state index in [0.29, 0.717) is 31.5 Å². The molecule has 1 amide bonds. The fourth-order valence-corrected chi connectivity index (χ4v) is 5.78. The third kappa shape index (κ3) is 3.87. The third-order valence-electron chi connectivity index (χ3n) is 5.20. The lowest BCUT2D eigenvalue weighted by Gasteiger charge is -2.35. The van der Waals surface area contributed by atoms with Gasteiger partial charge >= 0.3 is 0 Å². The van der Waals surface area contributed by atoms with Crippen molar-refractivity contribution in [3.05, 3.63) is 29.6 Å². The average Bonchev–Trinajstić information content (AvgIpc) is 2.98. The molecule has 0 aliphatic carbocycles. The van der Waals surface area contributed by atoms with E-state index < -0.39 is 15.8 Å². The highest BCUT2D eigenvalue weighted by Gasteiger charge is 2.35. The lowest BCUT2D eigenvalue weighted by Crippen LogP contribution is -2.45. The molecule has 0 spiro atoms. The highest BCUT2D eigenvalue weighted by molar-refractivity contribution is 7.89. The first-order valence-electron chi connectivity index (χ1n) is 8.95. The zero-order valence-corrected chi connectivity index (χ0v) is 15.4. The van der Waals surface area contributed by atoms with Crippen LogP contribution in [-0.2, 0) is 14.8 Å². The molecule has 3 rings (SSSR count). The van der Waals surface area contributed by atoms with E-state index in [9.17, 15) is 17.6 Å². The molecule has 2 aliphatic heterocycles. The highest BCUT2D eigenvalue weighted by Crippen LogP contribution is 2.29. The number of aryl methyl sites for hydroxylation is 1. The Morgan fingerprint density at radius 2 is 2.00 bits per heavy atom. The second kappa shape index (κ2) is 7.41. The summed E-state index contributed by atoms with van der Waals surface area (Å²) in [7, 11) is -3.65. The minimum absolute atomic E-state index is 0.100. The fraction of sp³-hybridized carbons (Fsp3) is 0.611. The van der Waals surface area contributed by atoms with Gasteiger partial charge in [0.2, 0.25) is 15.9 Å². The van der Waals surface area contributed by atoms with Crippen LogP contribution in [0.15, 0.2) is 23.1 Å². The van der Waals surface area contributed by atoms with E-state index in [1.165, 1.54) is 18.2 Å². The first kappa shape index (κ1) is 18.3. The van der Waals surface area contributed by atoms with Crippen LogP contribution >= 0.6 is 0 Å². The number of rotatable bonds is 5. The summed E-state index contributed by atoms with van der Waals surface area (Å²) in [4.78, 5) is 13.8. The number of benzene rings is 1. The molecule has 0 bridgehead atoms. The zero-order chi connectivity index (χ0) is 18.0. The Hall–Kier alpha value is -1.47. The Kier molecular flexibility index (Phi) is 5.43. The predicted octanol–water partition coefficient (Wildman–Crippen LogP) is 2.69. The standard InChI is InChI=1S/C18H25FN2O3S/c1-14-13-15(19)7-8-17(14)25(23,24)21-11-3-2-5-16(21)9-12-20-10-4-6-18(20)22/h7-8,13,16H,2-6,9-12H2,1H3/t16-/m1/s1. The summed E-state index contributed by atoms with van der Waals surface area (Å²) in [5.41, 5.74) is 0.430. The van der Waals surface area contributed by atoms with Crippen LogP contribution in [0, 0.1) is 12.7 Å². The van der Waals surface area contributed by atoms with Crippen molar-refractivity contribution in [2.24, 2.45) is 0 Å². The van der Waals surface area contributed by atoms with E-state index in [-0.39, 0.29) is 16.8 Å². The van der Waals surface area contributed by atoms with Crippen molar-refractivity contribution in [2.75, 3.05) is 19.6 Å². The highest BCUT2D eigenvalue weighted by atomic mass is 32.2. The van der Waals surface area contributed by atoms with E-state index in [1.54, 1.807) is 11.2 Å². The molecule has 2 heterocycles. The summed E-state index contributed by atoms with van der Waals surface area (Å²) in [6.45, 7) is 3.49. The Bertz CT molecular complexity index is 751. The van der Waals surface area contributed by atoms with Crippen LogP contribution < -0.4 is 0 Å². The van der Waals surface area contributed by atoms with E-state index in [2.05, 4.69) is 0 Å². The summed E-state index contributed by atoms with van der Waals surface area (Å²) in [5.74, 6) is -0.265. The molecule has 138 valence electrons. The molecule has 0 N–H and O–H groups in total. The van der Waals surface area contributed by atoms with Gasteiger partial charge in [-0.25, -0.2) is 12.8 Å². The Balaban J connectivity index is 1.78. The monoisotopic (exact) mass is 368 g/mol. The molecule has 1 atom stereocenters. The Labute approximate surface area is 148 Å². The molecule has 5 nitrogen and oxygen atoms in total. The summed E-state index contributed by atoms with van der Waals surface area (Å²) in [6, 6.07) is 3.71. The maximum Gasteiger partial charge on any atom is 0.243 e. The number of likely N-dealkylation sites (tertiary alicyclic amines) is 1. The minimum atomic E-state index is -3.65. The quantitative estimate of drug-likeness (QED) is 0.803. The van der Waals surface area contributed by atoms with Crippen molar-refractivity contribution < 1.29 is 17.6 Å². The van der Waals surface area contributed by atoms with Gasteiger partial charge in [-0.3, -0.25) is 4.79 Å². The van der Waals surface area contributed by atoms with Crippen LogP contribution in [0.25, 0.3) is 0 Å². The molecule has 0 unspecified atom stereocenters. The second-order valence-corrected chi connectivity index (χ2v) is 8.81. The van der Waals surface area contributed by atoms with E-state index in [0.717, 1.165) is 32.2 Å². The molecule has 0 saturated carbocycles. The molecular weight excluding hydrogens is 343 g/mol. The maximum absolute atomic E-state index is 13.3. The fourth-order valence-electron chi connectivity index (χ4n) is 3.85. The lowest BCUT2D eigenvalue weighted by atomic mass is 10.0. The topological polar surface area (TPSA) is 57.7 Å². The van der Waals surface area contributed by atoms with Crippen molar-refractivity contribution in [2.45, 2.75) is 56.4 Å². The van der Waals surface area contributed by atoms with Crippen LogP contribution in [0.2, 0.25) is 0 Å². The number of amides is 1. The first-order valence-corrected chi connectivity index (χ1v) is 10.4. The van der Waals surface area contributed by atoms with Crippen molar-refractivity contribution >= 4 is 15.9 Å². The normalized spacial score (nSPS) is 22.6. The number of sulfonamides is 1. The van der Waals surface area contributed by atoms with Gasteiger partial charge < -0.3 is 4.90 Å². The van der Waals surface area contributed by atoms with Gasteiger partial charge in [-0.1, -0.05) is 6.42 Å². The van der Waals surface area contributed by atoms with Crippen LogP contribution in [0.4, 0.5) is 4.39 Å². The van der Waals surface area contributed by atoms with Gasteiger partial charge in [0.05, 0.1) is 4.90 Å². The van der Waals surface area contributed by atoms with E-state index in [4.69, 9.17) is 0 Å². The molecule has 1 aromatic rings. The molecule has 0 aromatic heterocycles. The van der Waals surface area contributed by atoms with Crippen LogP contribution in [0.1, 0.15) is 44.1 Å². The summed E-state index contributed by atoms with van der Waals surface area (Å²) < 4.78 is 41.1. The van der Waals surface area contributed by atoms with Crippen molar-refractivity contribution in [1.82, 2.24) is 9.21 Å². The number of hydrogen-bond donors (Lipinski definition) is 0. The Morgan fingerprint density at radius 1 is 1.20 bits per heavy atom. The van der Waals surface area contributed by atoms with Crippen molar-refractivity contribution in [3.63, 3.8) is 0 Å². The van der Waals surface area contributed by atoms with Gasteiger partial charge in [0.1, 0.15) is 5.82 Å². The average molecular weight is 368 g/mol. The molecule has 1 aromatic carbocycles. The maximum atomic E-state index is 13.3. The summed E-state index contributed by atoms with van der Waals surface area (Å²) in [6.07, 6.45) is 4.78. The SMILES string of the molecule is Cc1cc(F)ccc1S(=O)(=O)N1CCCC[C@@H]1CCN1CCCC1=O.